The van der Waals surface area contributed by atoms with Gasteiger partial charge in [0, 0.05) is 24.1 Å². The highest BCUT2D eigenvalue weighted by Gasteiger charge is 2.11. The number of halogens is 1. The summed E-state index contributed by atoms with van der Waals surface area (Å²) in [6.45, 7) is 0.995. The molecule has 0 aliphatic rings. The van der Waals surface area contributed by atoms with Gasteiger partial charge < -0.3 is 0 Å². The summed E-state index contributed by atoms with van der Waals surface area (Å²) in [7, 11) is -4.94. The van der Waals surface area contributed by atoms with Gasteiger partial charge in [-0.3, -0.25) is 0 Å². The van der Waals surface area contributed by atoms with Gasteiger partial charge in [0.2, 0.25) is 5.69 Å². The van der Waals surface area contributed by atoms with Crippen LogP contribution in [0.3, 0.4) is 0 Å². The van der Waals surface area contributed by atoms with Gasteiger partial charge in [0.25, 0.3) is 0 Å². The van der Waals surface area contributed by atoms with Crippen molar-refractivity contribution in [3.05, 3.63) is 90.6 Å². The third kappa shape index (κ3) is 7.43. The largest absolute Gasteiger partial charge is 0.222 e. The van der Waals surface area contributed by atoms with Gasteiger partial charge in [-0.1, -0.05) is 48.5 Å². The van der Waals surface area contributed by atoms with E-state index >= 15 is 0 Å². The summed E-state index contributed by atoms with van der Waals surface area (Å²) in [6.07, 6.45) is 3.21. The van der Waals surface area contributed by atoms with Crippen LogP contribution in [0.5, 0.6) is 0 Å². The van der Waals surface area contributed by atoms with E-state index in [0.717, 1.165) is 13.0 Å². The van der Waals surface area contributed by atoms with Crippen LogP contribution < -0.4 is 23.2 Å². The smallest absolute Gasteiger partial charge is 0.212 e. The molecular weight excluding hydrogens is 342 g/mol. The fourth-order valence-corrected chi connectivity index (χ4v) is 2.44. The van der Waals surface area contributed by atoms with Crippen molar-refractivity contribution in [2.75, 3.05) is 0 Å². The van der Waals surface area contributed by atoms with E-state index < -0.39 is 10.2 Å². The van der Waals surface area contributed by atoms with Crippen molar-refractivity contribution < 1.29 is 33.4 Å². The van der Waals surface area contributed by atoms with Crippen LogP contribution in [-0.2, 0) is 13.0 Å². The quantitative estimate of drug-likeness (QED) is 0.565. The molecule has 0 radical (unpaired) electrons. The highest BCUT2D eigenvalue weighted by atomic mass is 35.7. The molecule has 0 aliphatic carbocycles. The molecule has 0 atom stereocenters. The van der Waals surface area contributed by atoms with Crippen molar-refractivity contribution in [2.45, 2.75) is 13.0 Å². The summed E-state index contributed by atoms with van der Waals surface area (Å²) in [5.74, 6) is 0. The second-order valence-electron chi connectivity index (χ2n) is 5.26. The zero-order chi connectivity index (χ0) is 18.1. The van der Waals surface area contributed by atoms with Crippen molar-refractivity contribution in [1.29, 1.82) is 0 Å². The zero-order valence-electron chi connectivity index (χ0n) is 13.5. The van der Waals surface area contributed by atoms with Crippen LogP contribution in [0, 0.1) is 10.2 Å². The van der Waals surface area contributed by atoms with Gasteiger partial charge in [-0.25, -0.2) is 18.6 Å². The van der Waals surface area contributed by atoms with Gasteiger partial charge in [0.05, 0.1) is 0 Å². The molecule has 0 bridgehead atoms. The maximum absolute atomic E-state index is 8.49. The van der Waals surface area contributed by atoms with E-state index in [2.05, 4.69) is 89.6 Å². The lowest BCUT2D eigenvalue weighted by Gasteiger charge is -2.17. The van der Waals surface area contributed by atoms with E-state index in [1.54, 1.807) is 0 Å². The first-order chi connectivity index (χ1) is 11.9. The van der Waals surface area contributed by atoms with Gasteiger partial charge in [0.15, 0.2) is 12.7 Å². The van der Waals surface area contributed by atoms with Crippen molar-refractivity contribution in [1.82, 2.24) is 0 Å². The summed E-state index contributed by atoms with van der Waals surface area (Å²) < 4.78 is 36.3. The Kier molecular flexibility index (Phi) is 7.06. The molecular formula is C19H18ClNO4. The Hall–Kier alpha value is -2.28. The second-order valence-corrected chi connectivity index (χ2v) is 6.01. The van der Waals surface area contributed by atoms with Gasteiger partial charge >= 0.3 is 0 Å². The van der Waals surface area contributed by atoms with Gasteiger partial charge in [-0.05, 0) is 23.8 Å². The molecule has 25 heavy (non-hydrogen) atoms. The summed E-state index contributed by atoms with van der Waals surface area (Å²) in [5.41, 5.74) is 3.91. The maximum Gasteiger partial charge on any atom is 0.212 e. The number of hydrogen-bond donors (Lipinski definition) is 0. The normalized spacial score (nSPS) is 10.7. The van der Waals surface area contributed by atoms with Crippen molar-refractivity contribution in [3.8, 4) is 11.3 Å². The van der Waals surface area contributed by atoms with Crippen LogP contribution in [0.1, 0.15) is 5.56 Å². The van der Waals surface area contributed by atoms with Crippen molar-refractivity contribution >= 4 is 0 Å². The Morgan fingerprint density at radius 3 is 1.80 bits per heavy atom. The van der Waals surface area contributed by atoms with Crippen LogP contribution in [0.15, 0.2) is 85.1 Å². The van der Waals surface area contributed by atoms with Gasteiger partial charge in [-0.2, -0.15) is 4.57 Å². The molecule has 3 aromatic rings. The maximum atomic E-state index is 8.49. The molecule has 0 aliphatic heterocycles. The van der Waals surface area contributed by atoms with Crippen LogP contribution in [-0.4, -0.2) is 0 Å². The topological polar surface area (TPSA) is 96.1 Å². The molecule has 0 amide bonds. The van der Waals surface area contributed by atoms with E-state index in [9.17, 15) is 0 Å². The summed E-state index contributed by atoms with van der Waals surface area (Å²) in [4.78, 5) is 0. The highest BCUT2D eigenvalue weighted by molar-refractivity contribution is 5.55. The zero-order valence-corrected chi connectivity index (χ0v) is 14.2. The molecule has 6 heteroatoms. The SMILES string of the molecule is [O-][Cl+3]([O-])([O-])[O-].c1ccc(CC[n+]2ccccc2-c2ccccc2)cc1. The molecule has 0 saturated heterocycles. The molecule has 0 spiro atoms. The minimum atomic E-state index is -4.94. The predicted octanol–water partition coefficient (Wildman–Crippen LogP) is -0.872. The molecule has 0 N–H and O–H groups in total. The number of aromatic nitrogens is 1. The van der Waals surface area contributed by atoms with E-state index in [4.69, 9.17) is 18.6 Å². The minimum Gasteiger partial charge on any atom is -0.222 e. The lowest BCUT2D eigenvalue weighted by atomic mass is 10.1. The molecule has 5 nitrogen and oxygen atoms in total. The first-order valence-electron chi connectivity index (χ1n) is 7.63. The average molecular weight is 360 g/mol. The monoisotopic (exact) mass is 359 g/mol. The number of nitrogens with zero attached hydrogens (tertiary/aromatic N) is 1. The minimum absolute atomic E-state index is 0.995. The number of hydrogen-bond acceptors (Lipinski definition) is 4. The van der Waals surface area contributed by atoms with E-state index in [1.807, 2.05) is 0 Å². The summed E-state index contributed by atoms with van der Waals surface area (Å²) in [6, 6.07) is 27.6. The van der Waals surface area contributed by atoms with Crippen molar-refractivity contribution in [3.63, 3.8) is 0 Å². The van der Waals surface area contributed by atoms with Crippen LogP contribution in [0.4, 0.5) is 0 Å². The Balaban J connectivity index is 0.000000399. The highest BCUT2D eigenvalue weighted by Crippen LogP contribution is 2.14. The lowest BCUT2D eigenvalue weighted by Crippen LogP contribution is -2.68. The van der Waals surface area contributed by atoms with Crippen molar-refractivity contribution in [2.24, 2.45) is 0 Å². The third-order valence-electron chi connectivity index (χ3n) is 3.49. The van der Waals surface area contributed by atoms with Gasteiger partial charge in [-0.15, -0.1) is 10.2 Å². The average Bonchev–Trinajstić information content (AvgIpc) is 2.60. The number of pyridine rings is 1. The number of benzene rings is 2. The molecule has 2 aromatic carbocycles. The first-order valence-corrected chi connectivity index (χ1v) is 8.86. The van der Waals surface area contributed by atoms with E-state index in [0.29, 0.717) is 0 Å². The molecule has 130 valence electrons. The van der Waals surface area contributed by atoms with E-state index in [-0.39, 0.29) is 0 Å². The first kappa shape index (κ1) is 19.1. The molecule has 3 rings (SSSR count). The summed E-state index contributed by atoms with van der Waals surface area (Å²) >= 11 is 0. The van der Waals surface area contributed by atoms with Gasteiger partial charge in [0.1, 0.15) is 0 Å². The second kappa shape index (κ2) is 9.27. The number of aryl methyl sites for hydroxylation is 2. The lowest BCUT2D eigenvalue weighted by molar-refractivity contribution is -2.00. The molecule has 0 unspecified atom stereocenters. The Labute approximate surface area is 148 Å². The fraction of sp³-hybridized carbons (Fsp3) is 0.105. The Morgan fingerprint density at radius 2 is 1.20 bits per heavy atom. The van der Waals surface area contributed by atoms with Crippen LogP contribution >= 0.6 is 0 Å². The third-order valence-corrected chi connectivity index (χ3v) is 3.49. The fourth-order valence-electron chi connectivity index (χ4n) is 2.44. The number of rotatable bonds is 4. The standard InChI is InChI=1S/C19H18N.ClHO4/c1-3-9-17(10-4-1)14-16-20-15-8-7-13-19(20)18-11-5-2-6-12-18;2-1(3,4)5/h1-13,15H,14,16H2;(H,2,3,4,5)/q+1;/p-1. The molecule has 1 aromatic heterocycles. The molecule has 0 fully saturated rings. The predicted molar refractivity (Wildman–Crippen MR) is 82.2 cm³/mol. The van der Waals surface area contributed by atoms with E-state index in [1.165, 1.54) is 16.8 Å². The molecule has 0 saturated carbocycles. The van der Waals surface area contributed by atoms with Crippen LogP contribution in [0.25, 0.3) is 11.3 Å². The molecule has 1 heterocycles. The Bertz CT molecular complexity index is 755. The van der Waals surface area contributed by atoms with Crippen LogP contribution in [0.2, 0.25) is 0 Å². The summed E-state index contributed by atoms with van der Waals surface area (Å²) in [5, 5.41) is 0. The Morgan fingerprint density at radius 1 is 0.680 bits per heavy atom.